The van der Waals surface area contributed by atoms with Gasteiger partial charge in [0.25, 0.3) is 0 Å². The minimum absolute atomic E-state index is 0.0191. The average Bonchev–Trinajstić information content (AvgIpc) is 2.79. The second-order valence-electron chi connectivity index (χ2n) is 10.4. The lowest BCUT2D eigenvalue weighted by atomic mass is 9.97. The molecule has 0 unspecified atom stereocenters. The van der Waals surface area contributed by atoms with Crippen LogP contribution in [0.5, 0.6) is 0 Å². The lowest BCUT2D eigenvalue weighted by Gasteiger charge is -2.26. The van der Waals surface area contributed by atoms with Crippen molar-refractivity contribution in [2.75, 3.05) is 30.3 Å². The van der Waals surface area contributed by atoms with E-state index in [4.69, 9.17) is 0 Å². The zero-order valence-corrected chi connectivity index (χ0v) is 21.2. The number of hydrogen-bond acceptors (Lipinski definition) is 4. The smallest absolute Gasteiger partial charge is 0.245 e. The number of anilines is 2. The summed E-state index contributed by atoms with van der Waals surface area (Å²) in [6.07, 6.45) is 2.79. The lowest BCUT2D eigenvalue weighted by Crippen LogP contribution is -2.41. The topological polar surface area (TPSA) is 73.5 Å². The van der Waals surface area contributed by atoms with E-state index in [1.807, 2.05) is 0 Å². The third-order valence-corrected chi connectivity index (χ3v) is 5.76. The highest BCUT2D eigenvalue weighted by Gasteiger charge is 2.30. The van der Waals surface area contributed by atoms with Gasteiger partial charge in [-0.3, -0.25) is 9.59 Å². The first kappa shape index (κ1) is 26.0. The molecule has 32 heavy (non-hydrogen) atoms. The van der Waals surface area contributed by atoms with E-state index in [-0.39, 0.29) is 17.9 Å². The fourth-order valence-electron chi connectivity index (χ4n) is 4.16. The molecule has 1 aromatic rings. The molecule has 2 rings (SSSR count). The Morgan fingerprint density at radius 3 is 2.41 bits per heavy atom. The molecule has 0 aliphatic carbocycles. The molecule has 1 aromatic carbocycles. The fourth-order valence-corrected chi connectivity index (χ4v) is 4.16. The van der Waals surface area contributed by atoms with Gasteiger partial charge in [-0.15, -0.1) is 0 Å². The minimum Gasteiger partial charge on any atom is -0.383 e. The number of hydrogen-bond donors (Lipinski definition) is 3. The highest BCUT2D eigenvalue weighted by Crippen LogP contribution is 2.32. The van der Waals surface area contributed by atoms with Crippen LogP contribution in [0.4, 0.5) is 11.4 Å². The first-order valence-electron chi connectivity index (χ1n) is 12.3. The molecule has 6 heteroatoms. The van der Waals surface area contributed by atoms with E-state index < -0.39 is 0 Å². The van der Waals surface area contributed by atoms with E-state index in [0.717, 1.165) is 37.2 Å². The largest absolute Gasteiger partial charge is 0.383 e. The Bertz CT molecular complexity index is 773. The van der Waals surface area contributed by atoms with Gasteiger partial charge in [-0.25, -0.2) is 0 Å². The van der Waals surface area contributed by atoms with Crippen molar-refractivity contribution in [1.82, 2.24) is 10.2 Å². The van der Waals surface area contributed by atoms with Crippen LogP contribution in [0.25, 0.3) is 0 Å². The third kappa shape index (κ3) is 8.03. The number of carbonyl (C=O) groups excluding carboxylic acids is 2. The van der Waals surface area contributed by atoms with Crippen LogP contribution in [0.2, 0.25) is 0 Å². The van der Waals surface area contributed by atoms with Crippen molar-refractivity contribution in [3.63, 3.8) is 0 Å². The molecule has 0 fully saturated rings. The van der Waals surface area contributed by atoms with Crippen molar-refractivity contribution in [3.05, 3.63) is 23.3 Å². The van der Waals surface area contributed by atoms with E-state index >= 15 is 0 Å². The van der Waals surface area contributed by atoms with Crippen molar-refractivity contribution >= 4 is 23.2 Å². The Labute approximate surface area is 194 Å². The molecule has 2 amide bonds. The Kier molecular flexibility index (Phi) is 9.85. The first-order chi connectivity index (χ1) is 15.1. The average molecular weight is 445 g/mol. The Hall–Kier alpha value is -2.24. The second-order valence-corrected chi connectivity index (χ2v) is 10.4. The highest BCUT2D eigenvalue weighted by atomic mass is 16.2. The number of benzene rings is 1. The van der Waals surface area contributed by atoms with Gasteiger partial charge in [-0.05, 0) is 60.3 Å². The molecule has 1 aliphatic rings. The van der Waals surface area contributed by atoms with Gasteiger partial charge < -0.3 is 20.9 Å². The molecule has 1 aliphatic heterocycles. The summed E-state index contributed by atoms with van der Waals surface area (Å²) in [5, 5.41) is 9.94. The summed E-state index contributed by atoms with van der Waals surface area (Å²) < 4.78 is 0. The maximum atomic E-state index is 13.4. The molecule has 0 saturated heterocycles. The summed E-state index contributed by atoms with van der Waals surface area (Å²) in [5.74, 6) is 1.71. The van der Waals surface area contributed by atoms with Crippen molar-refractivity contribution < 1.29 is 9.59 Å². The van der Waals surface area contributed by atoms with Crippen LogP contribution in [-0.2, 0) is 22.6 Å². The van der Waals surface area contributed by atoms with Gasteiger partial charge in [0.15, 0.2) is 0 Å². The molecule has 0 bridgehead atoms. The molecular formula is C26H44N4O2. The SMILES string of the molecule is CC(=O)NCCNc1cc2c(cc1CC(C)C)CN(CCC(C)C)C(=O)[C@H](CC(C)C)N2. The Morgan fingerprint density at radius 2 is 1.81 bits per heavy atom. The maximum Gasteiger partial charge on any atom is 0.245 e. The number of nitrogens with one attached hydrogen (secondary N) is 3. The molecule has 0 radical (unpaired) electrons. The van der Waals surface area contributed by atoms with Crippen molar-refractivity contribution in [3.8, 4) is 0 Å². The number of fused-ring (bicyclic) bond motifs is 1. The van der Waals surface area contributed by atoms with E-state index in [0.29, 0.717) is 37.4 Å². The number of rotatable bonds is 11. The van der Waals surface area contributed by atoms with Gasteiger partial charge in [-0.1, -0.05) is 41.5 Å². The number of nitrogens with zero attached hydrogens (tertiary/aromatic N) is 1. The van der Waals surface area contributed by atoms with Crippen LogP contribution in [0.15, 0.2) is 12.1 Å². The van der Waals surface area contributed by atoms with Crippen LogP contribution in [-0.4, -0.2) is 42.4 Å². The van der Waals surface area contributed by atoms with Gasteiger partial charge in [0.2, 0.25) is 11.8 Å². The molecule has 180 valence electrons. The quantitative estimate of drug-likeness (QED) is 0.435. The maximum absolute atomic E-state index is 13.4. The summed E-state index contributed by atoms with van der Waals surface area (Å²) in [4.78, 5) is 26.6. The van der Waals surface area contributed by atoms with Gasteiger partial charge in [-0.2, -0.15) is 0 Å². The molecular weight excluding hydrogens is 400 g/mol. The summed E-state index contributed by atoms with van der Waals surface area (Å²) in [7, 11) is 0. The van der Waals surface area contributed by atoms with Crippen molar-refractivity contribution in [2.45, 2.75) is 80.3 Å². The molecule has 0 saturated carbocycles. The molecule has 1 atom stereocenters. The fraction of sp³-hybridized carbons (Fsp3) is 0.692. The molecule has 3 N–H and O–H groups in total. The molecule has 0 aromatic heterocycles. The van der Waals surface area contributed by atoms with Gasteiger partial charge in [0.05, 0.1) is 0 Å². The molecule has 0 spiro atoms. The number of carbonyl (C=O) groups is 2. The summed E-state index contributed by atoms with van der Waals surface area (Å²) in [6.45, 7) is 17.4. The Morgan fingerprint density at radius 1 is 1.09 bits per heavy atom. The molecule has 6 nitrogen and oxygen atoms in total. The zero-order chi connectivity index (χ0) is 23.8. The van der Waals surface area contributed by atoms with Crippen LogP contribution in [0.3, 0.4) is 0 Å². The van der Waals surface area contributed by atoms with Crippen LogP contribution < -0.4 is 16.0 Å². The Balaban J connectivity index is 2.36. The van der Waals surface area contributed by atoms with Crippen LogP contribution in [0.1, 0.15) is 72.4 Å². The van der Waals surface area contributed by atoms with E-state index in [9.17, 15) is 9.59 Å². The monoisotopic (exact) mass is 444 g/mol. The predicted molar refractivity (Wildman–Crippen MR) is 134 cm³/mol. The van der Waals surface area contributed by atoms with Crippen LogP contribution in [0, 0.1) is 17.8 Å². The minimum atomic E-state index is -0.202. The van der Waals surface area contributed by atoms with E-state index in [1.165, 1.54) is 18.1 Å². The first-order valence-corrected chi connectivity index (χ1v) is 12.3. The summed E-state index contributed by atoms with van der Waals surface area (Å²) >= 11 is 0. The van der Waals surface area contributed by atoms with E-state index in [2.05, 4.69) is 74.5 Å². The summed E-state index contributed by atoms with van der Waals surface area (Å²) in [6, 6.07) is 4.25. The second kappa shape index (κ2) is 12.1. The molecule has 1 heterocycles. The van der Waals surface area contributed by atoms with Crippen LogP contribution >= 0.6 is 0 Å². The van der Waals surface area contributed by atoms with Gasteiger partial charge in [0.1, 0.15) is 6.04 Å². The number of amides is 2. The van der Waals surface area contributed by atoms with Gasteiger partial charge >= 0.3 is 0 Å². The van der Waals surface area contributed by atoms with Gasteiger partial charge in [0, 0.05) is 44.5 Å². The van der Waals surface area contributed by atoms with Crippen molar-refractivity contribution in [2.24, 2.45) is 17.8 Å². The highest BCUT2D eigenvalue weighted by molar-refractivity contribution is 5.87. The normalized spacial score (nSPS) is 16.2. The van der Waals surface area contributed by atoms with E-state index in [1.54, 1.807) is 0 Å². The lowest BCUT2D eigenvalue weighted by molar-refractivity contribution is -0.133. The zero-order valence-electron chi connectivity index (χ0n) is 21.2. The predicted octanol–water partition coefficient (Wildman–Crippen LogP) is 4.65. The standard InChI is InChI=1S/C26H44N4O2/c1-17(2)8-11-30-16-22-14-21(12-18(3)4)23(28-10-9-27-20(7)31)15-24(22)29-25(26(30)32)13-19(5)6/h14-15,17-19,25,28-29H,8-13,16H2,1-7H3,(H,27,31)/t25-/m0/s1. The third-order valence-electron chi connectivity index (χ3n) is 5.76. The summed E-state index contributed by atoms with van der Waals surface area (Å²) in [5.41, 5.74) is 4.59. The van der Waals surface area contributed by atoms with Crippen molar-refractivity contribution in [1.29, 1.82) is 0 Å².